The number of halogens is 1. The molecule has 0 spiro atoms. The van der Waals surface area contributed by atoms with Crippen LogP contribution < -0.4 is 5.32 Å². The van der Waals surface area contributed by atoms with Crippen molar-refractivity contribution in [1.82, 2.24) is 5.32 Å². The van der Waals surface area contributed by atoms with Crippen LogP contribution in [0.4, 0.5) is 4.39 Å². The van der Waals surface area contributed by atoms with E-state index in [0.29, 0.717) is 6.54 Å². The first-order chi connectivity index (χ1) is 3.84. The zero-order chi connectivity index (χ0) is 5.98. The summed E-state index contributed by atoms with van der Waals surface area (Å²) in [5.74, 6) is 0.287. The van der Waals surface area contributed by atoms with Gasteiger partial charge >= 0.3 is 0 Å². The molecule has 0 aromatic heterocycles. The lowest BCUT2D eigenvalue weighted by molar-refractivity contribution is 0.278. The SMILES string of the molecule is CC[C@@H]1CNC[C@H]1F. The van der Waals surface area contributed by atoms with Crippen molar-refractivity contribution in [3.63, 3.8) is 0 Å². The van der Waals surface area contributed by atoms with Crippen LogP contribution in [0.15, 0.2) is 0 Å². The highest BCUT2D eigenvalue weighted by Crippen LogP contribution is 2.14. The van der Waals surface area contributed by atoms with Gasteiger partial charge in [-0.25, -0.2) is 4.39 Å². The second-order valence-corrected chi connectivity index (χ2v) is 2.34. The van der Waals surface area contributed by atoms with Crippen LogP contribution in [0.25, 0.3) is 0 Å². The van der Waals surface area contributed by atoms with Gasteiger partial charge in [0.2, 0.25) is 0 Å². The average Bonchev–Trinajstić information content (AvgIpc) is 2.14. The number of nitrogens with one attached hydrogen (secondary N) is 1. The van der Waals surface area contributed by atoms with Gasteiger partial charge in [-0.1, -0.05) is 6.92 Å². The molecule has 0 bridgehead atoms. The lowest BCUT2D eigenvalue weighted by atomic mass is 10.1. The molecule has 0 amide bonds. The minimum atomic E-state index is -0.583. The van der Waals surface area contributed by atoms with Crippen LogP contribution in [0.2, 0.25) is 0 Å². The van der Waals surface area contributed by atoms with Crippen molar-refractivity contribution in [2.45, 2.75) is 19.5 Å². The molecule has 48 valence electrons. The molecule has 0 radical (unpaired) electrons. The molecule has 1 aliphatic heterocycles. The summed E-state index contributed by atoms with van der Waals surface area (Å²) in [4.78, 5) is 0. The number of rotatable bonds is 1. The lowest BCUT2D eigenvalue weighted by Gasteiger charge is -2.05. The molecule has 1 heterocycles. The molecule has 2 atom stereocenters. The van der Waals surface area contributed by atoms with Gasteiger partial charge in [0.05, 0.1) is 0 Å². The van der Waals surface area contributed by atoms with E-state index in [4.69, 9.17) is 0 Å². The summed E-state index contributed by atoms with van der Waals surface area (Å²) < 4.78 is 12.5. The Bertz CT molecular complexity index is 74.9. The van der Waals surface area contributed by atoms with E-state index in [1.54, 1.807) is 0 Å². The summed E-state index contributed by atoms with van der Waals surface area (Å²) in [6.45, 7) is 3.47. The summed E-state index contributed by atoms with van der Waals surface area (Å²) in [5, 5.41) is 3.00. The molecular formula is C6H12FN. The number of hydrogen-bond donors (Lipinski definition) is 1. The normalized spacial score (nSPS) is 38.2. The predicted octanol–water partition coefficient (Wildman–Crippen LogP) is 0.954. The second kappa shape index (κ2) is 2.44. The van der Waals surface area contributed by atoms with Crippen molar-refractivity contribution < 1.29 is 4.39 Å². The van der Waals surface area contributed by atoms with E-state index in [1.807, 2.05) is 6.92 Å². The molecular weight excluding hydrogens is 105 g/mol. The van der Waals surface area contributed by atoms with Crippen LogP contribution in [-0.2, 0) is 0 Å². The second-order valence-electron chi connectivity index (χ2n) is 2.34. The third-order valence-electron chi connectivity index (χ3n) is 1.78. The zero-order valence-electron chi connectivity index (χ0n) is 5.15. The molecule has 1 N–H and O–H groups in total. The maximum absolute atomic E-state index is 12.5. The Labute approximate surface area is 49.3 Å². The third-order valence-corrected chi connectivity index (χ3v) is 1.78. The molecule has 1 nitrogen and oxygen atoms in total. The smallest absolute Gasteiger partial charge is 0.116 e. The summed E-state index contributed by atoms with van der Waals surface area (Å²) >= 11 is 0. The first-order valence-electron chi connectivity index (χ1n) is 3.19. The largest absolute Gasteiger partial charge is 0.313 e. The van der Waals surface area contributed by atoms with E-state index in [2.05, 4.69) is 5.32 Å². The van der Waals surface area contributed by atoms with Crippen molar-refractivity contribution in [3.05, 3.63) is 0 Å². The maximum atomic E-state index is 12.5. The van der Waals surface area contributed by atoms with Gasteiger partial charge in [0.1, 0.15) is 6.17 Å². The van der Waals surface area contributed by atoms with E-state index >= 15 is 0 Å². The van der Waals surface area contributed by atoms with Gasteiger partial charge in [0.15, 0.2) is 0 Å². The number of hydrogen-bond acceptors (Lipinski definition) is 1. The van der Waals surface area contributed by atoms with E-state index in [1.165, 1.54) is 0 Å². The maximum Gasteiger partial charge on any atom is 0.116 e. The van der Waals surface area contributed by atoms with E-state index in [0.717, 1.165) is 13.0 Å². The van der Waals surface area contributed by atoms with Crippen molar-refractivity contribution in [3.8, 4) is 0 Å². The van der Waals surface area contributed by atoms with Gasteiger partial charge in [0.25, 0.3) is 0 Å². The van der Waals surface area contributed by atoms with Crippen LogP contribution in [0.1, 0.15) is 13.3 Å². The monoisotopic (exact) mass is 117 g/mol. The standard InChI is InChI=1S/C6H12FN/c1-2-5-3-8-4-6(5)7/h5-6,8H,2-4H2,1H3/t5-,6-/m1/s1. The first kappa shape index (κ1) is 6.02. The Kier molecular flexibility index (Phi) is 1.84. The summed E-state index contributed by atoms with van der Waals surface area (Å²) in [7, 11) is 0. The Hall–Kier alpha value is -0.110. The van der Waals surface area contributed by atoms with Crippen molar-refractivity contribution >= 4 is 0 Å². The van der Waals surface area contributed by atoms with Gasteiger partial charge in [-0.15, -0.1) is 0 Å². The fourth-order valence-corrected chi connectivity index (χ4v) is 1.10. The van der Waals surface area contributed by atoms with E-state index in [-0.39, 0.29) is 5.92 Å². The molecule has 1 fully saturated rings. The Morgan fingerprint density at radius 3 is 2.62 bits per heavy atom. The molecule has 1 aliphatic rings. The average molecular weight is 117 g/mol. The minimum absolute atomic E-state index is 0.287. The van der Waals surface area contributed by atoms with Gasteiger partial charge < -0.3 is 5.32 Å². The Balaban J connectivity index is 2.30. The Morgan fingerprint density at radius 1 is 1.62 bits per heavy atom. The summed E-state index contributed by atoms with van der Waals surface area (Å²) in [5.41, 5.74) is 0. The summed E-state index contributed by atoms with van der Waals surface area (Å²) in [6, 6.07) is 0. The van der Waals surface area contributed by atoms with Gasteiger partial charge in [-0.05, 0) is 6.42 Å². The molecule has 0 unspecified atom stereocenters. The molecule has 1 saturated heterocycles. The van der Waals surface area contributed by atoms with Crippen LogP contribution >= 0.6 is 0 Å². The quantitative estimate of drug-likeness (QED) is 0.539. The molecule has 0 saturated carbocycles. The van der Waals surface area contributed by atoms with Crippen LogP contribution in [0.3, 0.4) is 0 Å². The molecule has 0 aromatic rings. The molecule has 2 heteroatoms. The first-order valence-corrected chi connectivity index (χ1v) is 3.19. The molecule has 0 aliphatic carbocycles. The predicted molar refractivity (Wildman–Crippen MR) is 31.5 cm³/mol. The van der Waals surface area contributed by atoms with Crippen LogP contribution in [0, 0.1) is 5.92 Å². The topological polar surface area (TPSA) is 12.0 Å². The summed E-state index contributed by atoms with van der Waals surface area (Å²) in [6.07, 6.45) is 0.383. The number of alkyl halides is 1. The highest BCUT2D eigenvalue weighted by molar-refractivity contribution is 4.79. The highest BCUT2D eigenvalue weighted by atomic mass is 19.1. The molecule has 0 aromatic carbocycles. The van der Waals surface area contributed by atoms with Crippen LogP contribution in [-0.4, -0.2) is 19.3 Å². The highest BCUT2D eigenvalue weighted by Gasteiger charge is 2.24. The molecule has 8 heavy (non-hydrogen) atoms. The minimum Gasteiger partial charge on any atom is -0.313 e. The zero-order valence-corrected chi connectivity index (χ0v) is 5.15. The van der Waals surface area contributed by atoms with Gasteiger partial charge in [-0.3, -0.25) is 0 Å². The van der Waals surface area contributed by atoms with E-state index < -0.39 is 6.17 Å². The van der Waals surface area contributed by atoms with E-state index in [9.17, 15) is 4.39 Å². The van der Waals surface area contributed by atoms with Gasteiger partial charge in [-0.2, -0.15) is 0 Å². The van der Waals surface area contributed by atoms with Crippen molar-refractivity contribution in [2.24, 2.45) is 5.92 Å². The Morgan fingerprint density at radius 2 is 2.38 bits per heavy atom. The molecule has 1 rings (SSSR count). The van der Waals surface area contributed by atoms with Crippen LogP contribution in [0.5, 0.6) is 0 Å². The van der Waals surface area contributed by atoms with Crippen molar-refractivity contribution in [2.75, 3.05) is 13.1 Å². The van der Waals surface area contributed by atoms with Crippen molar-refractivity contribution in [1.29, 1.82) is 0 Å². The lowest BCUT2D eigenvalue weighted by Crippen LogP contribution is -2.10. The third kappa shape index (κ3) is 0.996. The van der Waals surface area contributed by atoms with Gasteiger partial charge in [0, 0.05) is 19.0 Å². The fourth-order valence-electron chi connectivity index (χ4n) is 1.10. The fraction of sp³-hybridized carbons (Fsp3) is 1.00.